The lowest BCUT2D eigenvalue weighted by Crippen LogP contribution is -2.33. The molecule has 4 rings (SSSR count). The van der Waals surface area contributed by atoms with Crippen molar-refractivity contribution in [2.75, 3.05) is 16.7 Å². The van der Waals surface area contributed by atoms with E-state index in [1.807, 2.05) is 44.2 Å². The molecule has 1 aliphatic rings. The van der Waals surface area contributed by atoms with E-state index in [0.29, 0.717) is 35.5 Å². The zero-order valence-electron chi connectivity index (χ0n) is 19.0. The van der Waals surface area contributed by atoms with E-state index in [-0.39, 0.29) is 17.7 Å². The first-order valence-corrected chi connectivity index (χ1v) is 12.4. The number of rotatable bonds is 8. The molecule has 3 aromatic rings. The molecule has 1 amide bonds. The van der Waals surface area contributed by atoms with Gasteiger partial charge in [-0.05, 0) is 79.8 Å². The zero-order chi connectivity index (χ0) is 23.6. The summed E-state index contributed by atoms with van der Waals surface area (Å²) in [6.45, 7) is 4.24. The number of anilines is 2. The van der Waals surface area contributed by atoms with Crippen LogP contribution in [0.5, 0.6) is 5.75 Å². The van der Waals surface area contributed by atoms with Crippen LogP contribution in [0.1, 0.15) is 39.9 Å². The van der Waals surface area contributed by atoms with Crippen LogP contribution < -0.4 is 14.4 Å². The summed E-state index contributed by atoms with van der Waals surface area (Å²) in [6, 6.07) is 20.0. The lowest BCUT2D eigenvalue weighted by molar-refractivity contribution is 0.102. The van der Waals surface area contributed by atoms with Crippen molar-refractivity contribution in [3.8, 4) is 5.75 Å². The highest BCUT2D eigenvalue weighted by Gasteiger charge is 2.40. The largest absolute Gasteiger partial charge is 0.496 e. The fraction of sp³-hybridized carbons (Fsp3) is 0.269. The number of ether oxygens (including phenoxy) is 1. The maximum atomic E-state index is 13.2. The van der Waals surface area contributed by atoms with Crippen molar-refractivity contribution in [1.82, 2.24) is 0 Å². The Kier molecular flexibility index (Phi) is 6.42. The maximum Gasteiger partial charge on any atom is 0.259 e. The smallest absolute Gasteiger partial charge is 0.259 e. The van der Waals surface area contributed by atoms with E-state index in [2.05, 4.69) is 5.32 Å². The topological polar surface area (TPSA) is 75.7 Å². The first-order valence-electron chi connectivity index (χ1n) is 10.9. The summed E-state index contributed by atoms with van der Waals surface area (Å²) in [5.41, 5.74) is 4.76. The molecule has 0 radical (unpaired) electrons. The van der Waals surface area contributed by atoms with Gasteiger partial charge in [0.2, 0.25) is 10.0 Å². The summed E-state index contributed by atoms with van der Waals surface area (Å²) in [5, 5.41) is 2.56. The van der Waals surface area contributed by atoms with Gasteiger partial charge in [0.05, 0.1) is 30.2 Å². The van der Waals surface area contributed by atoms with Gasteiger partial charge in [0.15, 0.2) is 0 Å². The first kappa shape index (κ1) is 22.9. The molecule has 0 bridgehead atoms. The lowest BCUT2D eigenvalue weighted by atomic mass is 10.1. The minimum atomic E-state index is -3.43. The summed E-state index contributed by atoms with van der Waals surface area (Å²) in [6.07, 6.45) is 1.41. The van der Waals surface area contributed by atoms with E-state index in [4.69, 9.17) is 4.74 Å². The molecule has 0 atom stereocenters. The van der Waals surface area contributed by atoms with Gasteiger partial charge in [-0.3, -0.25) is 9.10 Å². The predicted molar refractivity (Wildman–Crippen MR) is 131 cm³/mol. The predicted octanol–water partition coefficient (Wildman–Crippen LogP) is 5.06. The number of carbonyl (C=O) groups excluding carboxylic acids is 1. The number of para-hydroxylation sites is 1. The summed E-state index contributed by atoms with van der Waals surface area (Å²) < 4.78 is 33.1. The van der Waals surface area contributed by atoms with Crippen LogP contribution in [-0.4, -0.2) is 26.7 Å². The summed E-state index contributed by atoms with van der Waals surface area (Å²) in [5.74, 6) is 0.231. The molecule has 1 aliphatic carbocycles. The molecule has 0 saturated heterocycles. The first-order chi connectivity index (χ1) is 15.8. The molecule has 0 aromatic heterocycles. The molecule has 0 aliphatic heterocycles. The highest BCUT2D eigenvalue weighted by molar-refractivity contribution is 7.93. The van der Waals surface area contributed by atoms with Crippen molar-refractivity contribution in [3.05, 3.63) is 89.0 Å². The van der Waals surface area contributed by atoms with Gasteiger partial charge in [0.25, 0.3) is 5.91 Å². The van der Waals surface area contributed by atoms with Gasteiger partial charge < -0.3 is 10.1 Å². The van der Waals surface area contributed by atoms with E-state index >= 15 is 0 Å². The highest BCUT2D eigenvalue weighted by Crippen LogP contribution is 2.35. The second-order valence-corrected chi connectivity index (χ2v) is 10.5. The van der Waals surface area contributed by atoms with E-state index in [0.717, 1.165) is 16.7 Å². The summed E-state index contributed by atoms with van der Waals surface area (Å²) >= 11 is 0. The molecular weight excluding hydrogens is 436 g/mol. The van der Waals surface area contributed by atoms with Crippen LogP contribution in [0.3, 0.4) is 0 Å². The molecule has 0 spiro atoms. The Hall–Kier alpha value is -3.32. The summed E-state index contributed by atoms with van der Waals surface area (Å²) in [4.78, 5) is 12.6. The number of carbonyl (C=O) groups is 1. The van der Waals surface area contributed by atoms with E-state index < -0.39 is 10.0 Å². The Labute approximate surface area is 195 Å². The molecule has 7 heteroatoms. The molecular formula is C26H28N2O4S. The van der Waals surface area contributed by atoms with Crippen molar-refractivity contribution < 1.29 is 17.9 Å². The van der Waals surface area contributed by atoms with Crippen molar-refractivity contribution in [2.45, 2.75) is 38.5 Å². The van der Waals surface area contributed by atoms with Crippen molar-refractivity contribution in [1.29, 1.82) is 0 Å². The third-order valence-corrected chi connectivity index (χ3v) is 8.19. The van der Waals surface area contributed by atoms with Crippen LogP contribution in [-0.2, 0) is 16.6 Å². The Morgan fingerprint density at radius 3 is 2.33 bits per heavy atom. The number of aryl methyl sites for hydroxylation is 2. The second kappa shape index (κ2) is 9.27. The number of nitrogens with one attached hydrogen (secondary N) is 1. The van der Waals surface area contributed by atoms with Gasteiger partial charge in [-0.2, -0.15) is 0 Å². The quantitative estimate of drug-likeness (QED) is 0.505. The van der Waals surface area contributed by atoms with Gasteiger partial charge in [-0.15, -0.1) is 0 Å². The number of sulfonamides is 1. The normalized spacial score (nSPS) is 13.4. The van der Waals surface area contributed by atoms with E-state index in [1.165, 1.54) is 11.4 Å². The number of benzene rings is 3. The van der Waals surface area contributed by atoms with Gasteiger partial charge in [-0.1, -0.05) is 30.3 Å². The third kappa shape index (κ3) is 5.03. The Morgan fingerprint density at radius 1 is 1.00 bits per heavy atom. The minimum absolute atomic E-state index is 0.238. The van der Waals surface area contributed by atoms with Crippen LogP contribution in [0, 0.1) is 13.8 Å². The fourth-order valence-electron chi connectivity index (χ4n) is 3.64. The molecule has 0 heterocycles. The number of methoxy groups -OCH3 is 1. The molecule has 1 fully saturated rings. The molecule has 0 unspecified atom stereocenters. The van der Waals surface area contributed by atoms with Gasteiger partial charge >= 0.3 is 0 Å². The maximum absolute atomic E-state index is 13.2. The van der Waals surface area contributed by atoms with Gasteiger partial charge in [0.1, 0.15) is 5.75 Å². The fourth-order valence-corrected chi connectivity index (χ4v) is 5.47. The minimum Gasteiger partial charge on any atom is -0.496 e. The van der Waals surface area contributed by atoms with E-state index in [9.17, 15) is 13.2 Å². The van der Waals surface area contributed by atoms with Crippen LogP contribution in [0.15, 0.2) is 66.7 Å². The molecule has 172 valence electrons. The summed E-state index contributed by atoms with van der Waals surface area (Å²) in [7, 11) is -1.91. The molecule has 1 N–H and O–H groups in total. The SMILES string of the molecule is COc1ccccc1C(=O)Nc1ccc(CN(c2ccc(C)c(C)c2)S(=O)(=O)C2CC2)cc1. The van der Waals surface area contributed by atoms with Crippen molar-refractivity contribution in [3.63, 3.8) is 0 Å². The lowest BCUT2D eigenvalue weighted by Gasteiger charge is -2.25. The zero-order valence-corrected chi connectivity index (χ0v) is 19.9. The van der Waals surface area contributed by atoms with Gasteiger partial charge in [-0.25, -0.2) is 8.42 Å². The molecule has 6 nitrogen and oxygen atoms in total. The average Bonchev–Trinajstić information content (AvgIpc) is 3.66. The second-order valence-electron chi connectivity index (χ2n) is 8.37. The Balaban J connectivity index is 1.54. The van der Waals surface area contributed by atoms with Crippen LogP contribution in [0.4, 0.5) is 11.4 Å². The van der Waals surface area contributed by atoms with Crippen LogP contribution >= 0.6 is 0 Å². The average molecular weight is 465 g/mol. The standard InChI is InChI=1S/C26H28N2O4S/c1-18-8-13-22(16-19(18)2)28(33(30,31)23-14-15-23)17-20-9-11-21(12-10-20)27-26(29)24-6-4-5-7-25(24)32-3/h4-13,16,23H,14-15,17H2,1-3H3,(H,27,29). The number of amides is 1. The van der Waals surface area contributed by atoms with Gasteiger partial charge in [0, 0.05) is 5.69 Å². The Bertz CT molecular complexity index is 1270. The monoisotopic (exact) mass is 464 g/mol. The third-order valence-electron chi connectivity index (χ3n) is 5.92. The number of hydrogen-bond donors (Lipinski definition) is 1. The molecule has 3 aromatic carbocycles. The van der Waals surface area contributed by atoms with Crippen LogP contribution in [0.25, 0.3) is 0 Å². The van der Waals surface area contributed by atoms with Crippen LogP contribution in [0.2, 0.25) is 0 Å². The Morgan fingerprint density at radius 2 is 1.70 bits per heavy atom. The molecule has 1 saturated carbocycles. The number of hydrogen-bond acceptors (Lipinski definition) is 4. The number of nitrogens with zero attached hydrogens (tertiary/aromatic N) is 1. The van der Waals surface area contributed by atoms with E-state index in [1.54, 1.807) is 36.4 Å². The van der Waals surface area contributed by atoms with Crippen molar-refractivity contribution >= 4 is 27.3 Å². The van der Waals surface area contributed by atoms with Crippen molar-refractivity contribution in [2.24, 2.45) is 0 Å². The molecule has 33 heavy (non-hydrogen) atoms. The highest BCUT2D eigenvalue weighted by atomic mass is 32.2.